The van der Waals surface area contributed by atoms with E-state index in [-0.39, 0.29) is 10.3 Å². The Bertz CT molecular complexity index is 622. The summed E-state index contributed by atoms with van der Waals surface area (Å²) in [5.74, 6) is 0.328. The number of hydrogen-bond donors (Lipinski definition) is 2. The minimum atomic E-state index is -3.61. The van der Waals surface area contributed by atoms with Gasteiger partial charge in [0, 0.05) is 12.2 Å². The van der Waals surface area contributed by atoms with Crippen LogP contribution in [0.25, 0.3) is 0 Å². The molecule has 3 N–H and O–H groups in total. The molecule has 1 aromatic rings. The highest BCUT2D eigenvalue weighted by molar-refractivity contribution is 7.89. The third-order valence-electron chi connectivity index (χ3n) is 4.22. The highest BCUT2D eigenvalue weighted by Gasteiger charge is 2.42. The van der Waals surface area contributed by atoms with Crippen molar-refractivity contribution >= 4 is 15.7 Å². The van der Waals surface area contributed by atoms with Crippen LogP contribution in [0.5, 0.6) is 5.75 Å². The molecule has 1 aliphatic rings. The van der Waals surface area contributed by atoms with Gasteiger partial charge in [-0.1, -0.05) is 13.3 Å². The molecule has 2 rings (SSSR count). The van der Waals surface area contributed by atoms with Crippen LogP contribution < -0.4 is 15.2 Å². The smallest absolute Gasteiger partial charge is 0.244 e. The minimum absolute atomic E-state index is 0.111. The normalized spacial score (nSPS) is 16.7. The van der Waals surface area contributed by atoms with Gasteiger partial charge < -0.3 is 10.5 Å². The summed E-state index contributed by atoms with van der Waals surface area (Å²) in [5, 5.41) is 0. The minimum Gasteiger partial charge on any atom is -0.495 e. The number of nitrogens with two attached hydrogens (primary N) is 1. The summed E-state index contributed by atoms with van der Waals surface area (Å²) in [6.45, 7) is 4.43. The SMILES string of the molecule is CCCC1(CNS(=O)(=O)c2cc(N)c(C)cc2OC)CC1. The lowest BCUT2D eigenvalue weighted by molar-refractivity contribution is 0.401. The Kier molecular flexibility index (Phi) is 4.49. The van der Waals surface area contributed by atoms with E-state index >= 15 is 0 Å². The maximum absolute atomic E-state index is 12.5. The van der Waals surface area contributed by atoms with Gasteiger partial charge in [0.25, 0.3) is 0 Å². The molecule has 0 heterocycles. The summed E-state index contributed by atoms with van der Waals surface area (Å²) >= 11 is 0. The van der Waals surface area contributed by atoms with Crippen molar-refractivity contribution in [1.82, 2.24) is 4.72 Å². The standard InChI is InChI=1S/C15H24N2O3S/c1-4-5-15(6-7-15)10-17-21(18,19)14-9-12(16)11(2)8-13(14)20-3/h8-9,17H,4-7,10,16H2,1-3H3. The lowest BCUT2D eigenvalue weighted by Gasteiger charge is -2.17. The van der Waals surface area contributed by atoms with E-state index in [1.807, 2.05) is 6.92 Å². The van der Waals surface area contributed by atoms with Crippen molar-refractivity contribution in [2.24, 2.45) is 5.41 Å². The van der Waals surface area contributed by atoms with Gasteiger partial charge in [0.2, 0.25) is 10.0 Å². The van der Waals surface area contributed by atoms with Crippen LogP contribution in [-0.4, -0.2) is 22.1 Å². The third kappa shape index (κ3) is 3.49. The lowest BCUT2D eigenvalue weighted by atomic mass is 10.0. The summed E-state index contributed by atoms with van der Waals surface area (Å²) in [7, 11) is -2.15. The van der Waals surface area contributed by atoms with Gasteiger partial charge in [0.1, 0.15) is 10.6 Å². The van der Waals surface area contributed by atoms with Crippen molar-refractivity contribution < 1.29 is 13.2 Å². The van der Waals surface area contributed by atoms with Crippen LogP contribution in [0.4, 0.5) is 5.69 Å². The Hall–Kier alpha value is -1.27. The van der Waals surface area contributed by atoms with Gasteiger partial charge in [-0.25, -0.2) is 13.1 Å². The number of anilines is 1. The van der Waals surface area contributed by atoms with Gasteiger partial charge >= 0.3 is 0 Å². The fourth-order valence-electron chi connectivity index (χ4n) is 2.59. The molecular formula is C15H24N2O3S. The van der Waals surface area contributed by atoms with E-state index in [9.17, 15) is 8.42 Å². The topological polar surface area (TPSA) is 81.4 Å². The van der Waals surface area contributed by atoms with Crippen LogP contribution in [0, 0.1) is 12.3 Å². The van der Waals surface area contributed by atoms with E-state index < -0.39 is 10.0 Å². The molecule has 5 nitrogen and oxygen atoms in total. The maximum Gasteiger partial charge on any atom is 0.244 e. The average Bonchev–Trinajstić information content (AvgIpc) is 3.20. The van der Waals surface area contributed by atoms with Crippen molar-refractivity contribution in [2.75, 3.05) is 19.4 Å². The summed E-state index contributed by atoms with van der Waals surface area (Å²) in [5.41, 5.74) is 7.24. The first kappa shape index (κ1) is 16.1. The Morgan fingerprint density at radius 3 is 2.57 bits per heavy atom. The molecule has 1 fully saturated rings. The highest BCUT2D eigenvalue weighted by Crippen LogP contribution is 2.49. The first-order chi connectivity index (χ1) is 9.83. The number of sulfonamides is 1. The fourth-order valence-corrected chi connectivity index (χ4v) is 3.94. The second-order valence-corrected chi connectivity index (χ2v) is 7.67. The number of nitrogen functional groups attached to an aromatic ring is 1. The van der Waals surface area contributed by atoms with Gasteiger partial charge in [-0.2, -0.15) is 0 Å². The quantitative estimate of drug-likeness (QED) is 0.758. The van der Waals surface area contributed by atoms with E-state index in [0.717, 1.165) is 31.2 Å². The molecule has 0 aromatic heterocycles. The predicted octanol–water partition coefficient (Wildman–Crippen LogP) is 2.44. The van der Waals surface area contributed by atoms with Gasteiger partial charge in [0.05, 0.1) is 7.11 Å². The third-order valence-corrected chi connectivity index (χ3v) is 5.64. The zero-order valence-corrected chi connectivity index (χ0v) is 13.7. The molecule has 0 bridgehead atoms. The molecule has 1 aromatic carbocycles. The molecule has 1 saturated carbocycles. The van der Waals surface area contributed by atoms with Crippen LogP contribution in [0.2, 0.25) is 0 Å². The van der Waals surface area contributed by atoms with E-state index in [4.69, 9.17) is 10.5 Å². The second-order valence-electron chi connectivity index (χ2n) is 5.93. The zero-order valence-electron chi connectivity index (χ0n) is 12.9. The van der Waals surface area contributed by atoms with Crippen LogP contribution >= 0.6 is 0 Å². The molecule has 0 aliphatic heterocycles. The monoisotopic (exact) mass is 312 g/mol. The van der Waals surface area contributed by atoms with Gasteiger partial charge in [-0.15, -0.1) is 0 Å². The Morgan fingerprint density at radius 1 is 1.38 bits per heavy atom. The van der Waals surface area contributed by atoms with E-state index in [0.29, 0.717) is 18.0 Å². The Balaban J connectivity index is 2.21. The number of ether oxygens (including phenoxy) is 1. The van der Waals surface area contributed by atoms with E-state index in [1.54, 1.807) is 6.07 Å². The molecule has 0 saturated heterocycles. The van der Waals surface area contributed by atoms with Gasteiger partial charge in [-0.05, 0) is 49.3 Å². The van der Waals surface area contributed by atoms with Crippen LogP contribution in [0.3, 0.4) is 0 Å². The van der Waals surface area contributed by atoms with Crippen molar-refractivity contribution in [3.05, 3.63) is 17.7 Å². The number of nitrogens with one attached hydrogen (secondary N) is 1. The number of rotatable bonds is 7. The maximum atomic E-state index is 12.5. The predicted molar refractivity (Wildman–Crippen MR) is 83.9 cm³/mol. The molecule has 118 valence electrons. The molecule has 1 aliphatic carbocycles. The van der Waals surface area contributed by atoms with Crippen LogP contribution in [-0.2, 0) is 10.0 Å². The number of aryl methyl sites for hydroxylation is 1. The van der Waals surface area contributed by atoms with Crippen molar-refractivity contribution in [2.45, 2.75) is 44.4 Å². The molecule has 21 heavy (non-hydrogen) atoms. The molecule has 0 radical (unpaired) electrons. The van der Waals surface area contributed by atoms with Gasteiger partial charge in [0.15, 0.2) is 0 Å². The second kappa shape index (κ2) is 5.85. The summed E-state index contributed by atoms with van der Waals surface area (Å²) in [6.07, 6.45) is 4.32. The number of methoxy groups -OCH3 is 1. The first-order valence-corrected chi connectivity index (χ1v) is 8.76. The molecule has 0 atom stereocenters. The fraction of sp³-hybridized carbons (Fsp3) is 0.600. The molecule has 0 spiro atoms. The molecule has 6 heteroatoms. The Labute approximate surface area is 126 Å². The Morgan fingerprint density at radius 2 is 2.05 bits per heavy atom. The molecule has 0 amide bonds. The molecular weight excluding hydrogens is 288 g/mol. The van der Waals surface area contributed by atoms with Crippen molar-refractivity contribution in [1.29, 1.82) is 0 Å². The molecule has 0 unspecified atom stereocenters. The van der Waals surface area contributed by atoms with Crippen LogP contribution in [0.15, 0.2) is 17.0 Å². The average molecular weight is 312 g/mol. The van der Waals surface area contributed by atoms with Crippen molar-refractivity contribution in [3.8, 4) is 5.75 Å². The lowest BCUT2D eigenvalue weighted by Crippen LogP contribution is -2.30. The first-order valence-electron chi connectivity index (χ1n) is 7.27. The van der Waals surface area contributed by atoms with E-state index in [1.165, 1.54) is 13.2 Å². The highest BCUT2D eigenvalue weighted by atomic mass is 32.2. The largest absolute Gasteiger partial charge is 0.495 e. The van der Waals surface area contributed by atoms with Crippen molar-refractivity contribution in [3.63, 3.8) is 0 Å². The number of benzene rings is 1. The zero-order chi connectivity index (χ0) is 15.7. The van der Waals surface area contributed by atoms with E-state index in [2.05, 4.69) is 11.6 Å². The number of hydrogen-bond acceptors (Lipinski definition) is 4. The summed E-state index contributed by atoms with van der Waals surface area (Å²) in [4.78, 5) is 0.111. The summed E-state index contributed by atoms with van der Waals surface area (Å²) < 4.78 is 32.9. The summed E-state index contributed by atoms with van der Waals surface area (Å²) in [6, 6.07) is 3.12. The van der Waals surface area contributed by atoms with Crippen LogP contribution in [0.1, 0.15) is 38.2 Å². The van der Waals surface area contributed by atoms with Gasteiger partial charge in [-0.3, -0.25) is 0 Å².